The second-order valence-corrected chi connectivity index (χ2v) is 5.30. The summed E-state index contributed by atoms with van der Waals surface area (Å²) in [6, 6.07) is 0. The summed E-state index contributed by atoms with van der Waals surface area (Å²) < 4.78 is 5.17. The Morgan fingerprint density at radius 2 is 2.26 bits per heavy atom. The molecule has 0 bridgehead atoms. The quantitative estimate of drug-likeness (QED) is 0.850. The van der Waals surface area contributed by atoms with Gasteiger partial charge in [-0.1, -0.05) is 13.8 Å². The molecule has 19 heavy (non-hydrogen) atoms. The van der Waals surface area contributed by atoms with E-state index in [1.165, 1.54) is 32.3 Å². The molecule has 2 rings (SSSR count). The molecule has 0 aliphatic carbocycles. The van der Waals surface area contributed by atoms with E-state index < -0.39 is 0 Å². The van der Waals surface area contributed by atoms with E-state index in [0.717, 1.165) is 6.54 Å². The molecule has 5 heteroatoms. The summed E-state index contributed by atoms with van der Waals surface area (Å²) >= 11 is 0. The third kappa shape index (κ3) is 3.80. The minimum atomic E-state index is -0.126. The number of carbonyl (C=O) groups excluding carboxylic acids is 1. The Hall–Kier alpha value is -1.36. The van der Waals surface area contributed by atoms with Crippen molar-refractivity contribution in [2.45, 2.75) is 33.1 Å². The van der Waals surface area contributed by atoms with E-state index in [9.17, 15) is 4.79 Å². The highest BCUT2D eigenvalue weighted by molar-refractivity contribution is 5.93. The normalized spacial score (nSPS) is 17.6. The van der Waals surface area contributed by atoms with Gasteiger partial charge in [0.1, 0.15) is 5.76 Å². The van der Waals surface area contributed by atoms with Crippen LogP contribution in [0.4, 0.5) is 0 Å². The number of nitrogens with zero attached hydrogens (tertiary/aromatic N) is 2. The lowest BCUT2D eigenvalue weighted by Crippen LogP contribution is -2.34. The summed E-state index contributed by atoms with van der Waals surface area (Å²) in [5, 5.41) is 2.95. The van der Waals surface area contributed by atoms with Crippen LogP contribution in [0.5, 0.6) is 0 Å². The molecule has 1 unspecified atom stereocenters. The number of rotatable bonds is 6. The van der Waals surface area contributed by atoms with E-state index in [-0.39, 0.29) is 5.91 Å². The fourth-order valence-corrected chi connectivity index (χ4v) is 2.53. The molecule has 1 aromatic heterocycles. The van der Waals surface area contributed by atoms with Gasteiger partial charge < -0.3 is 14.6 Å². The molecule has 106 valence electrons. The van der Waals surface area contributed by atoms with E-state index in [1.807, 2.05) is 6.92 Å². The van der Waals surface area contributed by atoms with E-state index in [2.05, 4.69) is 22.1 Å². The molecule has 1 saturated heterocycles. The Labute approximate surface area is 114 Å². The second-order valence-electron chi connectivity index (χ2n) is 5.30. The maximum Gasteiger partial charge on any atom is 0.273 e. The summed E-state index contributed by atoms with van der Waals surface area (Å²) in [6.07, 6.45) is 4.63. The minimum Gasteiger partial charge on any atom is -0.448 e. The minimum absolute atomic E-state index is 0.126. The molecule has 0 spiro atoms. The SMILES string of the molecule is CCc1ocnc1C(=O)NCC(C)CN1CCCC1. The van der Waals surface area contributed by atoms with Gasteiger partial charge in [0.25, 0.3) is 5.91 Å². The van der Waals surface area contributed by atoms with Crippen LogP contribution in [0.2, 0.25) is 0 Å². The largest absolute Gasteiger partial charge is 0.448 e. The number of oxazole rings is 1. The van der Waals surface area contributed by atoms with Crippen molar-refractivity contribution in [1.29, 1.82) is 0 Å². The molecule has 1 fully saturated rings. The lowest BCUT2D eigenvalue weighted by molar-refractivity contribution is 0.0939. The molecule has 0 aromatic carbocycles. The molecule has 1 aromatic rings. The molecule has 2 heterocycles. The Balaban J connectivity index is 1.76. The van der Waals surface area contributed by atoms with Gasteiger partial charge in [-0.15, -0.1) is 0 Å². The van der Waals surface area contributed by atoms with Crippen molar-refractivity contribution in [3.05, 3.63) is 17.8 Å². The third-order valence-electron chi connectivity index (χ3n) is 3.56. The summed E-state index contributed by atoms with van der Waals surface area (Å²) in [7, 11) is 0. The number of likely N-dealkylation sites (tertiary alicyclic amines) is 1. The lowest BCUT2D eigenvalue weighted by atomic mass is 10.1. The van der Waals surface area contributed by atoms with Crippen LogP contribution in [0, 0.1) is 5.92 Å². The average molecular weight is 265 g/mol. The van der Waals surface area contributed by atoms with Gasteiger partial charge >= 0.3 is 0 Å². The fourth-order valence-electron chi connectivity index (χ4n) is 2.53. The van der Waals surface area contributed by atoms with Gasteiger partial charge in [-0.05, 0) is 31.8 Å². The second kappa shape index (κ2) is 6.70. The monoisotopic (exact) mass is 265 g/mol. The zero-order valence-corrected chi connectivity index (χ0v) is 11.8. The van der Waals surface area contributed by atoms with Crippen molar-refractivity contribution in [3.8, 4) is 0 Å². The van der Waals surface area contributed by atoms with E-state index in [4.69, 9.17) is 4.42 Å². The predicted molar refractivity (Wildman–Crippen MR) is 73.1 cm³/mol. The zero-order chi connectivity index (χ0) is 13.7. The van der Waals surface area contributed by atoms with Crippen molar-refractivity contribution in [2.24, 2.45) is 5.92 Å². The summed E-state index contributed by atoms with van der Waals surface area (Å²) in [5.74, 6) is 0.989. The van der Waals surface area contributed by atoms with Gasteiger partial charge in [0, 0.05) is 19.5 Å². The Kier molecular flexibility index (Phi) is 4.96. The predicted octanol–water partition coefficient (Wildman–Crippen LogP) is 1.70. The first-order valence-electron chi connectivity index (χ1n) is 7.13. The molecule has 1 aliphatic rings. The Bertz CT molecular complexity index is 411. The lowest BCUT2D eigenvalue weighted by Gasteiger charge is -2.20. The topological polar surface area (TPSA) is 58.4 Å². The molecular weight excluding hydrogens is 242 g/mol. The van der Waals surface area contributed by atoms with Gasteiger partial charge in [-0.25, -0.2) is 4.98 Å². The molecule has 1 amide bonds. The summed E-state index contributed by atoms with van der Waals surface area (Å²) in [5.41, 5.74) is 0.427. The van der Waals surface area contributed by atoms with Crippen LogP contribution in [-0.2, 0) is 6.42 Å². The van der Waals surface area contributed by atoms with Crippen LogP contribution in [0.15, 0.2) is 10.8 Å². The molecular formula is C14H23N3O2. The van der Waals surface area contributed by atoms with Crippen molar-refractivity contribution in [1.82, 2.24) is 15.2 Å². The van der Waals surface area contributed by atoms with Crippen LogP contribution >= 0.6 is 0 Å². The first-order chi connectivity index (χ1) is 9.20. The number of carbonyl (C=O) groups is 1. The van der Waals surface area contributed by atoms with Crippen molar-refractivity contribution < 1.29 is 9.21 Å². The molecule has 1 atom stereocenters. The van der Waals surface area contributed by atoms with E-state index >= 15 is 0 Å². The van der Waals surface area contributed by atoms with Crippen molar-refractivity contribution in [2.75, 3.05) is 26.2 Å². The first kappa shape index (κ1) is 14.1. The van der Waals surface area contributed by atoms with Crippen LogP contribution in [0.1, 0.15) is 42.9 Å². The van der Waals surface area contributed by atoms with Crippen LogP contribution in [-0.4, -0.2) is 42.0 Å². The van der Waals surface area contributed by atoms with Crippen molar-refractivity contribution >= 4 is 5.91 Å². The third-order valence-corrected chi connectivity index (χ3v) is 3.56. The van der Waals surface area contributed by atoms with Crippen molar-refractivity contribution in [3.63, 3.8) is 0 Å². The van der Waals surface area contributed by atoms with Gasteiger partial charge in [-0.2, -0.15) is 0 Å². The number of aryl methyl sites for hydroxylation is 1. The standard InChI is InChI=1S/C14H23N3O2/c1-3-12-13(16-10-19-12)14(18)15-8-11(2)9-17-6-4-5-7-17/h10-11H,3-9H2,1-2H3,(H,15,18). The van der Waals surface area contributed by atoms with Crippen LogP contribution in [0.25, 0.3) is 0 Å². The fraction of sp³-hybridized carbons (Fsp3) is 0.714. The highest BCUT2D eigenvalue weighted by atomic mass is 16.3. The molecule has 1 N–H and O–H groups in total. The van der Waals surface area contributed by atoms with Crippen LogP contribution in [0.3, 0.4) is 0 Å². The molecule has 0 saturated carbocycles. The Morgan fingerprint density at radius 1 is 1.53 bits per heavy atom. The highest BCUT2D eigenvalue weighted by Crippen LogP contribution is 2.10. The van der Waals surface area contributed by atoms with Gasteiger partial charge in [0.05, 0.1) is 0 Å². The van der Waals surface area contributed by atoms with Gasteiger partial charge in [0.15, 0.2) is 12.1 Å². The molecule has 5 nitrogen and oxygen atoms in total. The molecule has 1 aliphatic heterocycles. The Morgan fingerprint density at radius 3 is 2.95 bits per heavy atom. The van der Waals surface area contributed by atoms with E-state index in [1.54, 1.807) is 0 Å². The summed E-state index contributed by atoms with van der Waals surface area (Å²) in [6.45, 7) is 8.25. The number of hydrogen-bond acceptors (Lipinski definition) is 4. The maximum atomic E-state index is 12.0. The number of nitrogens with one attached hydrogen (secondary N) is 1. The van der Waals surface area contributed by atoms with Crippen LogP contribution < -0.4 is 5.32 Å². The number of aromatic nitrogens is 1. The highest BCUT2D eigenvalue weighted by Gasteiger charge is 2.18. The number of hydrogen-bond donors (Lipinski definition) is 1. The maximum absolute atomic E-state index is 12.0. The first-order valence-corrected chi connectivity index (χ1v) is 7.13. The van der Waals surface area contributed by atoms with Gasteiger partial charge in [0.2, 0.25) is 0 Å². The average Bonchev–Trinajstić information content (AvgIpc) is 3.06. The molecule has 0 radical (unpaired) electrons. The van der Waals surface area contributed by atoms with Gasteiger partial charge in [-0.3, -0.25) is 4.79 Å². The number of amides is 1. The smallest absolute Gasteiger partial charge is 0.273 e. The summed E-state index contributed by atoms with van der Waals surface area (Å²) in [4.78, 5) is 18.4. The zero-order valence-electron chi connectivity index (χ0n) is 11.8. The van der Waals surface area contributed by atoms with E-state index in [0.29, 0.717) is 30.3 Å².